The molecular formula is C25H24Cl3N3O3S. The molecule has 35 heavy (non-hydrogen) atoms. The first kappa shape index (κ1) is 27.2. The lowest BCUT2D eigenvalue weighted by Gasteiger charge is -2.22. The summed E-state index contributed by atoms with van der Waals surface area (Å²) in [6.45, 7) is 3.58. The Hall–Kier alpha value is -2.42. The molecule has 0 atom stereocenters. The molecule has 0 aromatic heterocycles. The van der Waals surface area contributed by atoms with Crippen molar-refractivity contribution < 1.29 is 13.2 Å². The molecule has 0 aliphatic carbocycles. The van der Waals surface area contributed by atoms with Gasteiger partial charge in [0.2, 0.25) is 10.0 Å². The van der Waals surface area contributed by atoms with Crippen LogP contribution >= 0.6 is 34.8 Å². The molecule has 0 saturated heterocycles. The Bertz CT molecular complexity index is 1310. The number of hydrazone groups is 1. The molecule has 3 aromatic carbocycles. The summed E-state index contributed by atoms with van der Waals surface area (Å²) in [6.07, 6.45) is 1.50. The molecule has 0 spiro atoms. The van der Waals surface area contributed by atoms with Crippen molar-refractivity contribution in [3.63, 3.8) is 0 Å². The Labute approximate surface area is 220 Å². The zero-order chi connectivity index (χ0) is 25.6. The average molecular weight is 553 g/mol. The van der Waals surface area contributed by atoms with Gasteiger partial charge in [-0.1, -0.05) is 79.0 Å². The van der Waals surface area contributed by atoms with Gasteiger partial charge in [-0.15, -0.1) is 0 Å². The van der Waals surface area contributed by atoms with Crippen LogP contribution in [-0.2, 0) is 21.4 Å². The van der Waals surface area contributed by atoms with Crippen LogP contribution in [0.5, 0.6) is 0 Å². The number of benzene rings is 3. The summed E-state index contributed by atoms with van der Waals surface area (Å²) in [5.41, 5.74) is 4.88. The molecule has 0 unspecified atom stereocenters. The molecule has 10 heteroatoms. The van der Waals surface area contributed by atoms with E-state index in [2.05, 4.69) is 24.4 Å². The van der Waals surface area contributed by atoms with Gasteiger partial charge < -0.3 is 0 Å². The maximum absolute atomic E-state index is 13.3. The van der Waals surface area contributed by atoms with E-state index in [1.54, 1.807) is 12.1 Å². The Morgan fingerprint density at radius 2 is 1.60 bits per heavy atom. The Morgan fingerprint density at radius 3 is 2.20 bits per heavy atom. The van der Waals surface area contributed by atoms with Crippen LogP contribution in [-0.4, -0.2) is 31.4 Å². The number of carbonyl (C=O) groups excluding carboxylic acids is 1. The second-order valence-corrected chi connectivity index (χ2v) is 11.3. The van der Waals surface area contributed by atoms with E-state index in [0.717, 1.165) is 9.87 Å². The molecule has 1 amide bonds. The highest BCUT2D eigenvalue weighted by molar-refractivity contribution is 7.89. The highest BCUT2D eigenvalue weighted by atomic mass is 35.5. The number of nitrogens with zero attached hydrogens (tertiary/aromatic N) is 2. The Balaban J connectivity index is 1.78. The van der Waals surface area contributed by atoms with Gasteiger partial charge in [-0.3, -0.25) is 4.79 Å². The van der Waals surface area contributed by atoms with Crippen LogP contribution in [0.2, 0.25) is 15.1 Å². The van der Waals surface area contributed by atoms with Gasteiger partial charge in [0.05, 0.1) is 17.7 Å². The van der Waals surface area contributed by atoms with Crippen molar-refractivity contribution in [2.75, 3.05) is 6.54 Å². The van der Waals surface area contributed by atoms with Gasteiger partial charge in [0.25, 0.3) is 5.91 Å². The first-order valence-electron chi connectivity index (χ1n) is 10.7. The number of hydrogen-bond donors (Lipinski definition) is 1. The van der Waals surface area contributed by atoms with Crippen molar-refractivity contribution in [2.45, 2.75) is 31.2 Å². The second-order valence-electron chi connectivity index (χ2n) is 8.08. The van der Waals surface area contributed by atoms with Crippen molar-refractivity contribution >= 4 is 56.9 Å². The van der Waals surface area contributed by atoms with Crippen molar-refractivity contribution in [2.24, 2.45) is 5.10 Å². The smallest absolute Gasteiger partial charge is 0.255 e. The lowest BCUT2D eigenvalue weighted by atomic mass is 10.0. The monoisotopic (exact) mass is 551 g/mol. The van der Waals surface area contributed by atoms with Gasteiger partial charge in [-0.25, -0.2) is 13.8 Å². The molecule has 0 saturated carbocycles. The standard InChI is InChI=1S/C25H24Cl3N3O3S/c1-17(2)19-5-3-18(4-6-19)14-29-30-25(32)16-31(15-20-7-8-22(27)13-24(20)28)35(33,34)23-11-9-21(26)10-12-23/h3-14,17H,15-16H2,1-2H3,(H,30,32)/b29-14-. The summed E-state index contributed by atoms with van der Waals surface area (Å²) in [6, 6.07) is 18.2. The molecule has 0 aliphatic heterocycles. The van der Waals surface area contributed by atoms with E-state index >= 15 is 0 Å². The molecular weight excluding hydrogens is 529 g/mol. The van der Waals surface area contributed by atoms with E-state index in [9.17, 15) is 13.2 Å². The first-order chi connectivity index (χ1) is 16.6. The van der Waals surface area contributed by atoms with Crippen molar-refractivity contribution in [3.05, 3.63) is 98.5 Å². The number of hydrogen-bond acceptors (Lipinski definition) is 4. The third-order valence-corrected chi connectivity index (χ3v) is 7.78. The van der Waals surface area contributed by atoms with Crippen LogP contribution in [0.1, 0.15) is 36.5 Å². The topological polar surface area (TPSA) is 78.8 Å². The van der Waals surface area contributed by atoms with Gasteiger partial charge in [0, 0.05) is 21.6 Å². The molecule has 6 nitrogen and oxygen atoms in total. The number of carbonyl (C=O) groups is 1. The summed E-state index contributed by atoms with van der Waals surface area (Å²) in [5.74, 6) is -0.203. The van der Waals surface area contributed by atoms with E-state index < -0.39 is 22.5 Å². The van der Waals surface area contributed by atoms with Crippen molar-refractivity contribution in [1.29, 1.82) is 0 Å². The molecule has 184 valence electrons. The highest BCUT2D eigenvalue weighted by Crippen LogP contribution is 2.25. The predicted octanol–water partition coefficient (Wildman–Crippen LogP) is 6.11. The van der Waals surface area contributed by atoms with Crippen LogP contribution in [0.4, 0.5) is 0 Å². The molecule has 0 heterocycles. The summed E-state index contributed by atoms with van der Waals surface area (Å²) >= 11 is 18.1. The normalized spacial score (nSPS) is 12.0. The van der Waals surface area contributed by atoms with Crippen LogP contribution in [0, 0.1) is 0 Å². The van der Waals surface area contributed by atoms with Gasteiger partial charge in [-0.2, -0.15) is 9.41 Å². The van der Waals surface area contributed by atoms with E-state index in [0.29, 0.717) is 21.5 Å². The van der Waals surface area contributed by atoms with E-state index in [4.69, 9.17) is 34.8 Å². The fourth-order valence-corrected chi connectivity index (χ4v) is 5.13. The largest absolute Gasteiger partial charge is 0.272 e. The number of sulfonamides is 1. The van der Waals surface area contributed by atoms with E-state index in [1.807, 2.05) is 24.3 Å². The number of rotatable bonds is 9. The third kappa shape index (κ3) is 7.53. The lowest BCUT2D eigenvalue weighted by molar-refractivity contribution is -0.121. The van der Waals surface area contributed by atoms with Crippen LogP contribution in [0.25, 0.3) is 0 Å². The molecule has 1 N–H and O–H groups in total. The summed E-state index contributed by atoms with van der Waals surface area (Å²) in [7, 11) is -4.06. The molecule has 0 radical (unpaired) electrons. The first-order valence-corrected chi connectivity index (χ1v) is 13.2. The van der Waals surface area contributed by atoms with Gasteiger partial charge >= 0.3 is 0 Å². The SMILES string of the molecule is CC(C)c1ccc(/C=N\NC(=O)CN(Cc2ccc(Cl)cc2Cl)S(=O)(=O)c2ccc(Cl)cc2)cc1. The Kier molecular flexibility index (Phi) is 9.33. The molecule has 0 fully saturated rings. The molecule has 0 bridgehead atoms. The van der Waals surface area contributed by atoms with E-state index in [-0.39, 0.29) is 16.5 Å². The summed E-state index contributed by atoms with van der Waals surface area (Å²) in [5, 5.41) is 5.06. The van der Waals surface area contributed by atoms with Gasteiger partial charge in [-0.05, 0) is 59.0 Å². The van der Waals surface area contributed by atoms with Gasteiger partial charge in [0.15, 0.2) is 0 Å². The van der Waals surface area contributed by atoms with Crippen LogP contribution in [0.15, 0.2) is 76.7 Å². The maximum Gasteiger partial charge on any atom is 0.255 e. The number of halogens is 3. The average Bonchev–Trinajstić information content (AvgIpc) is 2.81. The van der Waals surface area contributed by atoms with Gasteiger partial charge in [0.1, 0.15) is 0 Å². The minimum Gasteiger partial charge on any atom is -0.272 e. The van der Waals surface area contributed by atoms with Crippen LogP contribution < -0.4 is 5.43 Å². The quantitative estimate of drug-likeness (QED) is 0.257. The maximum atomic E-state index is 13.3. The molecule has 3 aromatic rings. The predicted molar refractivity (Wildman–Crippen MR) is 142 cm³/mol. The number of amides is 1. The molecule has 0 aliphatic rings. The lowest BCUT2D eigenvalue weighted by Crippen LogP contribution is -2.39. The minimum absolute atomic E-state index is 0.00599. The minimum atomic E-state index is -4.06. The van der Waals surface area contributed by atoms with Crippen molar-refractivity contribution in [1.82, 2.24) is 9.73 Å². The van der Waals surface area contributed by atoms with Crippen molar-refractivity contribution in [3.8, 4) is 0 Å². The van der Waals surface area contributed by atoms with E-state index in [1.165, 1.54) is 42.1 Å². The third-order valence-electron chi connectivity index (χ3n) is 5.14. The highest BCUT2D eigenvalue weighted by Gasteiger charge is 2.27. The summed E-state index contributed by atoms with van der Waals surface area (Å²) in [4.78, 5) is 12.6. The molecule has 3 rings (SSSR count). The Morgan fingerprint density at radius 1 is 0.971 bits per heavy atom. The zero-order valence-electron chi connectivity index (χ0n) is 19.1. The zero-order valence-corrected chi connectivity index (χ0v) is 22.2. The fourth-order valence-electron chi connectivity index (χ4n) is 3.16. The number of nitrogens with one attached hydrogen (secondary N) is 1. The van der Waals surface area contributed by atoms with Crippen LogP contribution in [0.3, 0.4) is 0 Å². The second kappa shape index (κ2) is 12.0. The summed E-state index contributed by atoms with van der Waals surface area (Å²) < 4.78 is 27.7. The fraction of sp³-hybridized carbons (Fsp3) is 0.200.